The summed E-state index contributed by atoms with van der Waals surface area (Å²) in [5, 5.41) is 9.55. The topological polar surface area (TPSA) is 50.6 Å². The molecule has 2 aromatic rings. The van der Waals surface area contributed by atoms with Crippen LogP contribution in [0.15, 0.2) is 60.2 Å². The molecule has 3 rings (SSSR count). The third kappa shape index (κ3) is 4.97. The zero-order valence-corrected chi connectivity index (χ0v) is 17.2. The molecule has 0 N–H and O–H groups in total. The van der Waals surface area contributed by atoms with E-state index >= 15 is 0 Å². The van der Waals surface area contributed by atoms with Gasteiger partial charge in [0.15, 0.2) is 0 Å². The number of anilines is 2. The van der Waals surface area contributed by atoms with Crippen LogP contribution in [0.25, 0.3) is 6.08 Å². The van der Waals surface area contributed by atoms with Crippen molar-refractivity contribution in [3.63, 3.8) is 0 Å². The average Bonchev–Trinajstić information content (AvgIpc) is 2.79. The molecule has 0 spiro atoms. The van der Waals surface area contributed by atoms with E-state index in [0.717, 1.165) is 37.4 Å². The standard InChI is InChI=1S/C24H28N4O/c1-3-26(4-2)23-12-10-20(11-13-23)18-21(19-25)24(29)28-16-14-27(15-17-28)22-8-6-5-7-9-22/h5-13,18H,3-4,14-17H2,1-2H3/b21-18-. The highest BCUT2D eigenvalue weighted by molar-refractivity contribution is 6.01. The SMILES string of the molecule is CCN(CC)c1ccc(/C=C(/C#N)C(=O)N2CCN(c3ccccc3)CC2)cc1. The molecular formula is C24H28N4O. The van der Waals surface area contributed by atoms with Crippen molar-refractivity contribution in [3.05, 3.63) is 65.7 Å². The van der Waals surface area contributed by atoms with Gasteiger partial charge in [-0.05, 0) is 49.8 Å². The highest BCUT2D eigenvalue weighted by Gasteiger charge is 2.23. The van der Waals surface area contributed by atoms with Gasteiger partial charge in [-0.25, -0.2) is 0 Å². The first-order chi connectivity index (χ1) is 14.2. The van der Waals surface area contributed by atoms with Crippen molar-refractivity contribution < 1.29 is 4.79 Å². The summed E-state index contributed by atoms with van der Waals surface area (Å²) in [6.07, 6.45) is 1.69. The monoisotopic (exact) mass is 388 g/mol. The smallest absolute Gasteiger partial charge is 0.264 e. The molecule has 150 valence electrons. The van der Waals surface area contributed by atoms with Gasteiger partial charge in [0.1, 0.15) is 11.6 Å². The number of nitriles is 1. The lowest BCUT2D eigenvalue weighted by molar-refractivity contribution is -0.126. The Bertz CT molecular complexity index is 871. The van der Waals surface area contributed by atoms with E-state index in [2.05, 4.69) is 41.8 Å². The van der Waals surface area contributed by atoms with Crippen LogP contribution in [0.4, 0.5) is 11.4 Å². The minimum absolute atomic E-state index is 0.187. The number of para-hydroxylation sites is 1. The predicted molar refractivity (Wildman–Crippen MR) is 119 cm³/mol. The number of amides is 1. The molecule has 1 heterocycles. The van der Waals surface area contributed by atoms with Crippen LogP contribution in [-0.4, -0.2) is 50.1 Å². The molecule has 0 aliphatic carbocycles. The Hall–Kier alpha value is -3.26. The van der Waals surface area contributed by atoms with Gasteiger partial charge in [0.2, 0.25) is 0 Å². The van der Waals surface area contributed by atoms with Gasteiger partial charge in [0.25, 0.3) is 5.91 Å². The van der Waals surface area contributed by atoms with Crippen molar-refractivity contribution in [1.29, 1.82) is 5.26 Å². The Labute approximate surface area is 173 Å². The lowest BCUT2D eigenvalue weighted by Crippen LogP contribution is -2.49. The second-order valence-corrected chi connectivity index (χ2v) is 7.05. The zero-order valence-electron chi connectivity index (χ0n) is 17.2. The van der Waals surface area contributed by atoms with Crippen LogP contribution in [0.5, 0.6) is 0 Å². The van der Waals surface area contributed by atoms with E-state index in [0.29, 0.717) is 13.1 Å². The highest BCUT2D eigenvalue weighted by atomic mass is 16.2. The fraction of sp³-hybridized carbons (Fsp3) is 0.333. The van der Waals surface area contributed by atoms with Crippen LogP contribution in [0.3, 0.4) is 0 Å². The van der Waals surface area contributed by atoms with Crippen molar-refractivity contribution in [2.75, 3.05) is 49.1 Å². The molecule has 2 aromatic carbocycles. The maximum absolute atomic E-state index is 12.9. The van der Waals surface area contributed by atoms with Crippen LogP contribution in [-0.2, 0) is 4.79 Å². The summed E-state index contributed by atoms with van der Waals surface area (Å²) < 4.78 is 0. The average molecular weight is 389 g/mol. The largest absolute Gasteiger partial charge is 0.372 e. The van der Waals surface area contributed by atoms with E-state index in [1.807, 2.05) is 42.5 Å². The van der Waals surface area contributed by atoms with E-state index in [1.54, 1.807) is 11.0 Å². The van der Waals surface area contributed by atoms with Crippen molar-refractivity contribution >= 4 is 23.4 Å². The molecule has 29 heavy (non-hydrogen) atoms. The highest BCUT2D eigenvalue weighted by Crippen LogP contribution is 2.19. The fourth-order valence-corrected chi connectivity index (χ4v) is 3.66. The minimum atomic E-state index is -0.187. The maximum atomic E-state index is 12.9. The Morgan fingerprint density at radius 2 is 1.62 bits per heavy atom. The van der Waals surface area contributed by atoms with Crippen LogP contribution in [0.1, 0.15) is 19.4 Å². The molecule has 5 nitrogen and oxygen atoms in total. The Morgan fingerprint density at radius 1 is 1.00 bits per heavy atom. The molecule has 0 unspecified atom stereocenters. The van der Waals surface area contributed by atoms with Gasteiger partial charge < -0.3 is 14.7 Å². The number of rotatable bonds is 6. The minimum Gasteiger partial charge on any atom is -0.372 e. The molecular weight excluding hydrogens is 360 g/mol. The van der Waals surface area contributed by atoms with Gasteiger partial charge in [-0.1, -0.05) is 30.3 Å². The van der Waals surface area contributed by atoms with Crippen molar-refractivity contribution in [3.8, 4) is 6.07 Å². The summed E-state index contributed by atoms with van der Waals surface area (Å²) in [7, 11) is 0. The van der Waals surface area contributed by atoms with E-state index < -0.39 is 0 Å². The number of carbonyl (C=O) groups excluding carboxylic acids is 1. The van der Waals surface area contributed by atoms with Gasteiger partial charge in [0.05, 0.1) is 0 Å². The molecule has 1 aliphatic rings. The Morgan fingerprint density at radius 3 is 2.17 bits per heavy atom. The normalized spacial score (nSPS) is 14.4. The summed E-state index contributed by atoms with van der Waals surface area (Å²) in [6, 6.07) is 20.3. The zero-order chi connectivity index (χ0) is 20.6. The summed E-state index contributed by atoms with van der Waals surface area (Å²) >= 11 is 0. The summed E-state index contributed by atoms with van der Waals surface area (Å²) in [6.45, 7) is 8.93. The fourth-order valence-electron chi connectivity index (χ4n) is 3.66. The molecule has 0 bridgehead atoms. The van der Waals surface area contributed by atoms with E-state index in [1.165, 1.54) is 5.69 Å². The molecule has 0 atom stereocenters. The van der Waals surface area contributed by atoms with Crippen molar-refractivity contribution in [1.82, 2.24) is 4.90 Å². The maximum Gasteiger partial charge on any atom is 0.264 e. The van der Waals surface area contributed by atoms with Gasteiger partial charge in [0, 0.05) is 50.6 Å². The number of nitrogens with zero attached hydrogens (tertiary/aromatic N) is 4. The number of hydrogen-bond donors (Lipinski definition) is 0. The van der Waals surface area contributed by atoms with Crippen LogP contribution in [0.2, 0.25) is 0 Å². The van der Waals surface area contributed by atoms with Crippen molar-refractivity contribution in [2.45, 2.75) is 13.8 Å². The van der Waals surface area contributed by atoms with Gasteiger partial charge in [-0.2, -0.15) is 5.26 Å². The molecule has 1 amide bonds. The quantitative estimate of drug-likeness (QED) is 0.558. The van der Waals surface area contributed by atoms with Gasteiger partial charge >= 0.3 is 0 Å². The van der Waals surface area contributed by atoms with Gasteiger partial charge in [-0.15, -0.1) is 0 Å². The molecule has 0 radical (unpaired) electrons. The second-order valence-electron chi connectivity index (χ2n) is 7.05. The Balaban J connectivity index is 1.65. The van der Waals surface area contributed by atoms with E-state index in [9.17, 15) is 10.1 Å². The van der Waals surface area contributed by atoms with Crippen LogP contribution >= 0.6 is 0 Å². The van der Waals surface area contributed by atoms with Crippen LogP contribution < -0.4 is 9.80 Å². The summed E-state index contributed by atoms with van der Waals surface area (Å²) in [5.41, 5.74) is 3.38. The van der Waals surface area contributed by atoms with Crippen molar-refractivity contribution in [2.24, 2.45) is 0 Å². The summed E-state index contributed by atoms with van der Waals surface area (Å²) in [5.74, 6) is -0.187. The predicted octanol–water partition coefficient (Wildman–Crippen LogP) is 3.79. The first-order valence-electron chi connectivity index (χ1n) is 10.2. The van der Waals surface area contributed by atoms with E-state index in [-0.39, 0.29) is 11.5 Å². The number of benzene rings is 2. The lowest BCUT2D eigenvalue weighted by Gasteiger charge is -2.36. The molecule has 0 saturated carbocycles. The third-order valence-electron chi connectivity index (χ3n) is 5.37. The molecule has 0 aromatic heterocycles. The van der Waals surface area contributed by atoms with Crippen LogP contribution in [0, 0.1) is 11.3 Å². The second kappa shape index (κ2) is 9.79. The van der Waals surface area contributed by atoms with Gasteiger partial charge in [-0.3, -0.25) is 4.79 Å². The lowest BCUT2D eigenvalue weighted by atomic mass is 10.1. The number of hydrogen-bond acceptors (Lipinski definition) is 4. The first-order valence-corrected chi connectivity index (χ1v) is 10.2. The molecule has 5 heteroatoms. The molecule has 1 saturated heterocycles. The summed E-state index contributed by atoms with van der Waals surface area (Å²) in [4.78, 5) is 19.2. The number of carbonyl (C=O) groups is 1. The Kier molecular flexibility index (Phi) is 6.91. The molecule has 1 fully saturated rings. The number of piperazine rings is 1. The molecule has 1 aliphatic heterocycles. The van der Waals surface area contributed by atoms with E-state index in [4.69, 9.17) is 0 Å². The first kappa shape index (κ1) is 20.5. The third-order valence-corrected chi connectivity index (χ3v) is 5.37.